The maximum atomic E-state index is 13.5. The first kappa shape index (κ1) is 21.1. The van der Waals surface area contributed by atoms with E-state index in [0.717, 1.165) is 12.0 Å². The van der Waals surface area contributed by atoms with Crippen LogP contribution in [0, 0.1) is 5.92 Å². The molecule has 0 bridgehead atoms. The van der Waals surface area contributed by atoms with E-state index >= 15 is 0 Å². The van der Waals surface area contributed by atoms with Crippen molar-refractivity contribution in [2.24, 2.45) is 5.92 Å². The average Bonchev–Trinajstić information content (AvgIpc) is 3.21. The molecule has 0 N–H and O–H groups in total. The van der Waals surface area contributed by atoms with Gasteiger partial charge in [0.25, 0.3) is 0 Å². The second kappa shape index (κ2) is 8.90. The molecule has 30 heavy (non-hydrogen) atoms. The van der Waals surface area contributed by atoms with Crippen LogP contribution in [0.1, 0.15) is 49.2 Å². The minimum Gasteiger partial charge on any atom is -0.372 e. The Morgan fingerprint density at radius 2 is 1.83 bits per heavy atom. The fourth-order valence-corrected chi connectivity index (χ4v) is 5.60. The summed E-state index contributed by atoms with van der Waals surface area (Å²) >= 11 is 1.77. The summed E-state index contributed by atoms with van der Waals surface area (Å²) in [6.07, 6.45) is 1.18. The van der Waals surface area contributed by atoms with Crippen LogP contribution in [-0.2, 0) is 20.7 Å². The second-order valence-corrected chi connectivity index (χ2v) is 9.56. The van der Waals surface area contributed by atoms with Gasteiger partial charge in [0.05, 0.1) is 18.2 Å². The number of rotatable bonds is 4. The van der Waals surface area contributed by atoms with Crippen molar-refractivity contribution < 1.29 is 14.3 Å². The van der Waals surface area contributed by atoms with E-state index in [1.807, 2.05) is 48.8 Å². The topological polar surface area (TPSA) is 49.9 Å². The van der Waals surface area contributed by atoms with Gasteiger partial charge in [-0.05, 0) is 42.8 Å². The summed E-state index contributed by atoms with van der Waals surface area (Å²) < 4.78 is 5.73. The monoisotopic (exact) mass is 426 g/mol. The van der Waals surface area contributed by atoms with Crippen LogP contribution in [0.5, 0.6) is 0 Å². The van der Waals surface area contributed by atoms with Crippen molar-refractivity contribution in [1.29, 1.82) is 0 Å². The molecule has 0 aliphatic carbocycles. The third kappa shape index (κ3) is 4.30. The Morgan fingerprint density at radius 3 is 2.53 bits per heavy atom. The first-order valence-electron chi connectivity index (χ1n) is 10.8. The van der Waals surface area contributed by atoms with Gasteiger partial charge in [-0.2, -0.15) is 0 Å². The minimum atomic E-state index is -0.350. The molecule has 6 heteroatoms. The highest BCUT2D eigenvalue weighted by molar-refractivity contribution is 7.10. The predicted molar refractivity (Wildman–Crippen MR) is 118 cm³/mol. The van der Waals surface area contributed by atoms with Crippen LogP contribution in [0.15, 0.2) is 41.8 Å². The fraction of sp³-hybridized carbons (Fsp3) is 0.500. The molecular formula is C24H30N2O3S. The zero-order valence-electron chi connectivity index (χ0n) is 17.9. The van der Waals surface area contributed by atoms with E-state index in [1.54, 1.807) is 11.3 Å². The van der Waals surface area contributed by atoms with E-state index in [4.69, 9.17) is 4.74 Å². The number of thiophene rings is 1. The van der Waals surface area contributed by atoms with E-state index in [1.165, 1.54) is 10.4 Å². The third-order valence-electron chi connectivity index (χ3n) is 6.04. The number of fused-ring (bicyclic) bond motifs is 1. The highest BCUT2D eigenvalue weighted by Gasteiger charge is 2.36. The van der Waals surface area contributed by atoms with Gasteiger partial charge in [-0.3, -0.25) is 9.59 Å². The van der Waals surface area contributed by atoms with Gasteiger partial charge in [0, 0.05) is 36.9 Å². The highest BCUT2D eigenvalue weighted by Crippen LogP contribution is 2.38. The third-order valence-corrected chi connectivity index (χ3v) is 7.04. The molecule has 2 amide bonds. The highest BCUT2D eigenvalue weighted by atomic mass is 32.1. The first-order chi connectivity index (χ1) is 14.4. The van der Waals surface area contributed by atoms with Gasteiger partial charge in [0.15, 0.2) is 0 Å². The van der Waals surface area contributed by atoms with Crippen LogP contribution < -0.4 is 0 Å². The summed E-state index contributed by atoms with van der Waals surface area (Å²) in [6, 6.07) is 12.3. The lowest BCUT2D eigenvalue weighted by Crippen LogP contribution is -2.49. The predicted octanol–water partition coefficient (Wildman–Crippen LogP) is 3.88. The molecule has 0 saturated carbocycles. The molecule has 160 valence electrons. The number of carbonyl (C=O) groups excluding carboxylic acids is 2. The van der Waals surface area contributed by atoms with Crippen molar-refractivity contribution in [3.8, 4) is 0 Å². The van der Waals surface area contributed by atoms with Gasteiger partial charge < -0.3 is 14.5 Å². The first-order valence-corrected chi connectivity index (χ1v) is 11.7. The molecule has 2 aromatic rings. The van der Waals surface area contributed by atoms with E-state index in [0.29, 0.717) is 19.6 Å². The van der Waals surface area contributed by atoms with E-state index in [9.17, 15) is 9.59 Å². The van der Waals surface area contributed by atoms with Crippen molar-refractivity contribution in [3.63, 3.8) is 0 Å². The summed E-state index contributed by atoms with van der Waals surface area (Å²) in [5, 5.41) is 2.11. The van der Waals surface area contributed by atoms with Gasteiger partial charge in [-0.15, -0.1) is 11.3 Å². The molecule has 2 aliphatic heterocycles. The lowest BCUT2D eigenvalue weighted by molar-refractivity contribution is -0.148. The summed E-state index contributed by atoms with van der Waals surface area (Å²) in [6.45, 7) is 7.74. The molecule has 1 aromatic heterocycles. The summed E-state index contributed by atoms with van der Waals surface area (Å²) in [7, 11) is 0. The number of nitrogens with zero attached hydrogens (tertiary/aromatic N) is 2. The smallest absolute Gasteiger partial charge is 0.226 e. The van der Waals surface area contributed by atoms with Crippen LogP contribution in [0.25, 0.3) is 0 Å². The van der Waals surface area contributed by atoms with E-state index < -0.39 is 0 Å². The van der Waals surface area contributed by atoms with Crippen LogP contribution in [0.3, 0.4) is 0 Å². The Hall–Kier alpha value is -2.18. The summed E-state index contributed by atoms with van der Waals surface area (Å²) in [5.74, 6) is -0.247. The molecule has 1 aromatic carbocycles. The minimum absolute atomic E-state index is 0.0327. The van der Waals surface area contributed by atoms with Crippen molar-refractivity contribution in [3.05, 3.63) is 57.8 Å². The molecule has 0 spiro atoms. The largest absolute Gasteiger partial charge is 0.372 e. The molecule has 3 heterocycles. The summed E-state index contributed by atoms with van der Waals surface area (Å²) in [4.78, 5) is 31.6. The molecule has 1 saturated heterocycles. The molecular weight excluding hydrogens is 396 g/mol. The van der Waals surface area contributed by atoms with Crippen molar-refractivity contribution in [1.82, 2.24) is 9.80 Å². The normalized spacial score (nSPS) is 25.0. The molecule has 4 atom stereocenters. The molecule has 0 radical (unpaired) electrons. The number of amides is 2. The zero-order chi connectivity index (χ0) is 21.3. The van der Waals surface area contributed by atoms with E-state index in [2.05, 4.69) is 23.6 Å². The van der Waals surface area contributed by atoms with Gasteiger partial charge in [0.2, 0.25) is 11.8 Å². The number of ether oxygens (including phenoxy) is 1. The zero-order valence-corrected chi connectivity index (χ0v) is 18.7. The van der Waals surface area contributed by atoms with Crippen molar-refractivity contribution in [2.45, 2.75) is 51.9 Å². The van der Waals surface area contributed by atoms with Crippen LogP contribution in [0.4, 0.5) is 0 Å². The molecule has 5 nitrogen and oxygen atoms in total. The Kier molecular flexibility index (Phi) is 6.25. The molecule has 2 aliphatic rings. The maximum absolute atomic E-state index is 13.5. The lowest BCUT2D eigenvalue weighted by atomic mass is 9.91. The SMILES string of the molecule is CC1CN(C(=O)CC(C)C(=O)N2CCc3sccc3C2c2ccccc2)CC(C)O1. The van der Waals surface area contributed by atoms with Gasteiger partial charge in [0.1, 0.15) is 0 Å². The standard InChI is InChI=1S/C24H30N2O3S/c1-16(13-22(27)25-14-17(2)29-18(3)15-25)24(28)26-11-9-21-20(10-12-30-21)23(26)19-7-5-4-6-8-19/h4-8,10,12,16-18,23H,9,11,13-15H2,1-3H3. The van der Waals surface area contributed by atoms with Gasteiger partial charge >= 0.3 is 0 Å². The van der Waals surface area contributed by atoms with Crippen LogP contribution >= 0.6 is 11.3 Å². The molecule has 4 rings (SSSR count). The number of carbonyl (C=O) groups is 2. The Labute approximate surface area is 182 Å². The van der Waals surface area contributed by atoms with Gasteiger partial charge in [-0.25, -0.2) is 0 Å². The Morgan fingerprint density at radius 1 is 1.13 bits per heavy atom. The fourth-order valence-electron chi connectivity index (χ4n) is 4.69. The second-order valence-electron chi connectivity index (χ2n) is 8.56. The van der Waals surface area contributed by atoms with E-state index in [-0.39, 0.29) is 42.4 Å². The lowest BCUT2D eigenvalue weighted by Gasteiger charge is -2.39. The quantitative estimate of drug-likeness (QED) is 0.745. The van der Waals surface area contributed by atoms with Crippen LogP contribution in [0.2, 0.25) is 0 Å². The molecule has 1 fully saturated rings. The Bertz CT molecular complexity index is 887. The van der Waals surface area contributed by atoms with Crippen LogP contribution in [-0.4, -0.2) is 53.5 Å². The van der Waals surface area contributed by atoms with Gasteiger partial charge in [-0.1, -0.05) is 37.3 Å². The number of hydrogen-bond donors (Lipinski definition) is 0. The maximum Gasteiger partial charge on any atom is 0.226 e. The number of benzene rings is 1. The van der Waals surface area contributed by atoms with Crippen molar-refractivity contribution in [2.75, 3.05) is 19.6 Å². The molecule has 4 unspecified atom stereocenters. The Balaban J connectivity index is 1.50. The number of morpholine rings is 1. The summed E-state index contributed by atoms with van der Waals surface area (Å²) in [5.41, 5.74) is 2.35. The average molecular weight is 427 g/mol. The number of hydrogen-bond acceptors (Lipinski definition) is 4. The van der Waals surface area contributed by atoms with Crippen molar-refractivity contribution >= 4 is 23.2 Å².